The molecule has 148 valence electrons. The van der Waals surface area contributed by atoms with Crippen molar-refractivity contribution >= 4 is 29.1 Å². The quantitative estimate of drug-likeness (QED) is 0.808. The van der Waals surface area contributed by atoms with Crippen molar-refractivity contribution in [1.29, 1.82) is 0 Å². The van der Waals surface area contributed by atoms with E-state index >= 15 is 0 Å². The summed E-state index contributed by atoms with van der Waals surface area (Å²) in [7, 11) is 3.87. The van der Waals surface area contributed by atoms with Gasteiger partial charge in [0.05, 0.1) is 11.7 Å². The molecular weight excluding hydrogens is 378 g/mol. The Morgan fingerprint density at radius 3 is 2.61 bits per heavy atom. The van der Waals surface area contributed by atoms with Gasteiger partial charge in [-0.05, 0) is 44.8 Å². The summed E-state index contributed by atoms with van der Waals surface area (Å²) in [5, 5.41) is 3.58. The molecule has 0 saturated heterocycles. The van der Waals surface area contributed by atoms with Crippen LogP contribution in [0, 0.1) is 0 Å². The molecule has 2 unspecified atom stereocenters. The van der Waals surface area contributed by atoms with Crippen molar-refractivity contribution < 1.29 is 14.3 Å². The maximum Gasteiger partial charge on any atom is 0.268 e. The Morgan fingerprint density at radius 2 is 1.89 bits per heavy atom. The summed E-state index contributed by atoms with van der Waals surface area (Å²) in [5.41, 5.74) is 1.55. The monoisotopic (exact) mass is 401 g/mol. The summed E-state index contributed by atoms with van der Waals surface area (Å²) in [6.45, 7) is 2.00. The summed E-state index contributed by atoms with van der Waals surface area (Å²) < 4.78 is 5.61. The van der Waals surface area contributed by atoms with E-state index in [1.165, 1.54) is 4.90 Å². The average molecular weight is 402 g/mol. The number of benzene rings is 2. The Morgan fingerprint density at radius 1 is 1.21 bits per heavy atom. The molecule has 2 amide bonds. The number of hydrogen-bond donors (Lipinski definition) is 1. The van der Waals surface area contributed by atoms with E-state index in [-0.39, 0.29) is 24.4 Å². The van der Waals surface area contributed by atoms with Crippen molar-refractivity contribution in [2.75, 3.05) is 32.1 Å². The third-order valence-corrected chi connectivity index (χ3v) is 5.10. The average Bonchev–Trinajstić information content (AvgIpc) is 2.66. The van der Waals surface area contributed by atoms with E-state index in [2.05, 4.69) is 5.32 Å². The first-order valence-electron chi connectivity index (χ1n) is 9.13. The Kier molecular flexibility index (Phi) is 6.21. The number of carbonyl (C=O) groups is 2. The summed E-state index contributed by atoms with van der Waals surface area (Å²) in [5.74, 6) is 0.130. The van der Waals surface area contributed by atoms with Crippen molar-refractivity contribution in [3.63, 3.8) is 0 Å². The van der Waals surface area contributed by atoms with Gasteiger partial charge >= 0.3 is 0 Å². The predicted octanol–water partition coefficient (Wildman–Crippen LogP) is 2.87. The highest BCUT2D eigenvalue weighted by Crippen LogP contribution is 2.33. The van der Waals surface area contributed by atoms with E-state index in [9.17, 15) is 9.59 Å². The first-order valence-corrected chi connectivity index (χ1v) is 9.51. The molecule has 3 rings (SSSR count). The second kappa shape index (κ2) is 8.63. The van der Waals surface area contributed by atoms with Gasteiger partial charge in [-0.15, -0.1) is 0 Å². The molecule has 0 aliphatic carbocycles. The Bertz CT molecular complexity index is 871. The van der Waals surface area contributed by atoms with Gasteiger partial charge < -0.3 is 15.0 Å². The minimum absolute atomic E-state index is 0.0633. The van der Waals surface area contributed by atoms with E-state index in [0.29, 0.717) is 23.0 Å². The van der Waals surface area contributed by atoms with Crippen LogP contribution in [-0.2, 0) is 9.59 Å². The molecule has 2 aromatic rings. The molecule has 0 aromatic heterocycles. The van der Waals surface area contributed by atoms with Crippen LogP contribution in [0.3, 0.4) is 0 Å². The zero-order chi connectivity index (χ0) is 20.3. The molecule has 28 heavy (non-hydrogen) atoms. The lowest BCUT2D eigenvalue weighted by Gasteiger charge is -2.32. The van der Waals surface area contributed by atoms with Crippen LogP contribution in [-0.4, -0.2) is 50.0 Å². The molecule has 1 aliphatic heterocycles. The topological polar surface area (TPSA) is 61.9 Å². The number of fused-ring (bicyclic) bond motifs is 1. The van der Waals surface area contributed by atoms with Crippen LogP contribution in [0.1, 0.15) is 18.5 Å². The minimum atomic E-state index is -0.625. The van der Waals surface area contributed by atoms with Crippen molar-refractivity contribution in [3.8, 4) is 5.75 Å². The number of amides is 2. The molecule has 0 saturated carbocycles. The number of likely N-dealkylation sites (N-methyl/N-ethyl adjacent to an activating group) is 1. The number of nitrogens with one attached hydrogen (secondary N) is 1. The normalized spacial score (nSPS) is 17.1. The van der Waals surface area contributed by atoms with Crippen LogP contribution in [0.4, 0.5) is 5.69 Å². The van der Waals surface area contributed by atoms with Gasteiger partial charge in [0, 0.05) is 11.6 Å². The minimum Gasteiger partial charge on any atom is -0.479 e. The number of nitrogens with zero attached hydrogens (tertiary/aromatic N) is 2. The predicted molar refractivity (Wildman–Crippen MR) is 110 cm³/mol. The van der Waals surface area contributed by atoms with Gasteiger partial charge in [-0.25, -0.2) is 0 Å². The number of hydrogen-bond acceptors (Lipinski definition) is 4. The van der Waals surface area contributed by atoms with Gasteiger partial charge in [-0.2, -0.15) is 0 Å². The van der Waals surface area contributed by atoms with E-state index < -0.39 is 6.10 Å². The fraction of sp³-hybridized carbons (Fsp3) is 0.333. The number of carbonyl (C=O) groups excluding carboxylic acids is 2. The van der Waals surface area contributed by atoms with Crippen LogP contribution in [0.25, 0.3) is 0 Å². The van der Waals surface area contributed by atoms with Crippen LogP contribution in [0.15, 0.2) is 48.5 Å². The molecule has 0 bridgehead atoms. The number of halogens is 1. The Balaban J connectivity index is 1.70. The molecule has 1 heterocycles. The van der Waals surface area contributed by atoms with Gasteiger partial charge in [0.2, 0.25) is 5.91 Å². The van der Waals surface area contributed by atoms with Gasteiger partial charge in [-0.3, -0.25) is 14.5 Å². The van der Waals surface area contributed by atoms with Crippen LogP contribution in [0.5, 0.6) is 5.75 Å². The molecule has 6 nitrogen and oxygen atoms in total. The van der Waals surface area contributed by atoms with E-state index in [4.69, 9.17) is 16.3 Å². The Labute approximate surface area is 170 Å². The van der Waals surface area contributed by atoms with Crippen molar-refractivity contribution in [1.82, 2.24) is 10.2 Å². The summed E-state index contributed by atoms with van der Waals surface area (Å²) in [6.07, 6.45) is -0.625. The van der Waals surface area contributed by atoms with E-state index in [0.717, 1.165) is 5.56 Å². The molecule has 2 atom stereocenters. The second-order valence-electron chi connectivity index (χ2n) is 6.96. The van der Waals surface area contributed by atoms with Gasteiger partial charge in [-0.1, -0.05) is 41.9 Å². The molecule has 1 N–H and O–H groups in total. The smallest absolute Gasteiger partial charge is 0.268 e. The maximum absolute atomic E-state index is 12.6. The molecule has 1 aliphatic rings. The first kappa shape index (κ1) is 20.2. The third-order valence-electron chi connectivity index (χ3n) is 4.76. The highest BCUT2D eigenvalue weighted by Gasteiger charge is 2.32. The van der Waals surface area contributed by atoms with Gasteiger partial charge in [0.1, 0.15) is 12.3 Å². The van der Waals surface area contributed by atoms with Crippen LogP contribution in [0.2, 0.25) is 5.02 Å². The van der Waals surface area contributed by atoms with E-state index in [1.807, 2.05) is 55.4 Å². The van der Waals surface area contributed by atoms with Gasteiger partial charge in [0.25, 0.3) is 5.91 Å². The molecule has 0 radical (unpaired) electrons. The first-order chi connectivity index (χ1) is 13.4. The highest BCUT2D eigenvalue weighted by molar-refractivity contribution is 6.31. The summed E-state index contributed by atoms with van der Waals surface area (Å²) in [4.78, 5) is 28.6. The number of anilines is 1. The number of para-hydroxylation sites is 2. The number of rotatable bonds is 6. The molecule has 2 aromatic carbocycles. The largest absolute Gasteiger partial charge is 0.479 e. The maximum atomic E-state index is 12.6. The lowest BCUT2D eigenvalue weighted by Crippen LogP contribution is -2.49. The lowest BCUT2D eigenvalue weighted by molar-refractivity contribution is -0.128. The summed E-state index contributed by atoms with van der Waals surface area (Å²) in [6, 6.07) is 14.7. The number of ether oxygens (including phenoxy) is 1. The molecular formula is C21H24ClN3O3. The second-order valence-corrected chi connectivity index (χ2v) is 7.36. The van der Waals surface area contributed by atoms with Crippen LogP contribution < -0.4 is 15.0 Å². The van der Waals surface area contributed by atoms with Crippen molar-refractivity contribution in [2.24, 2.45) is 0 Å². The fourth-order valence-corrected chi connectivity index (χ4v) is 3.51. The zero-order valence-corrected chi connectivity index (χ0v) is 16.9. The molecule has 7 heteroatoms. The van der Waals surface area contributed by atoms with Crippen molar-refractivity contribution in [3.05, 3.63) is 59.1 Å². The standard InChI is InChI=1S/C21H24ClN3O3/c1-14-21(27)25(17-10-6-7-11-19(17)28-14)13-20(26)23-12-18(24(2)3)15-8-4-5-9-16(15)22/h4-11,14,18H,12-13H2,1-3H3,(H,23,26). The van der Waals surface area contributed by atoms with Crippen LogP contribution >= 0.6 is 11.6 Å². The van der Waals surface area contributed by atoms with E-state index in [1.54, 1.807) is 19.1 Å². The molecule has 0 fully saturated rings. The fourth-order valence-electron chi connectivity index (χ4n) is 3.25. The summed E-state index contributed by atoms with van der Waals surface area (Å²) >= 11 is 6.32. The van der Waals surface area contributed by atoms with Crippen molar-refractivity contribution in [2.45, 2.75) is 19.1 Å². The third kappa shape index (κ3) is 4.29. The molecule has 0 spiro atoms. The zero-order valence-electron chi connectivity index (χ0n) is 16.2. The van der Waals surface area contributed by atoms with Gasteiger partial charge in [0.15, 0.2) is 6.10 Å². The Hall–Kier alpha value is -2.57. The lowest BCUT2D eigenvalue weighted by atomic mass is 10.1. The SMILES string of the molecule is CC1Oc2ccccc2N(CC(=O)NCC(c2ccccc2Cl)N(C)C)C1=O. The highest BCUT2D eigenvalue weighted by atomic mass is 35.5.